The SMILES string of the molecule is Cc1cccnc1C1CCC[C@H](c2cn3ccccc3n2)N1CCc1nc2ccccc2[nH]1. The Kier molecular flexibility index (Phi) is 5.15. The molecule has 1 aliphatic rings. The van der Waals surface area contributed by atoms with Crippen LogP contribution in [0.25, 0.3) is 16.7 Å². The Morgan fingerprint density at radius 3 is 2.73 bits per heavy atom. The van der Waals surface area contributed by atoms with Crippen LogP contribution in [0.4, 0.5) is 0 Å². The highest BCUT2D eigenvalue weighted by molar-refractivity contribution is 5.74. The Bertz CT molecular complexity index is 1330. The molecule has 5 heterocycles. The monoisotopic (exact) mass is 436 g/mol. The van der Waals surface area contributed by atoms with Crippen molar-refractivity contribution >= 4 is 16.7 Å². The number of pyridine rings is 2. The van der Waals surface area contributed by atoms with E-state index in [0.29, 0.717) is 0 Å². The van der Waals surface area contributed by atoms with Crippen molar-refractivity contribution in [3.63, 3.8) is 0 Å². The third-order valence-electron chi connectivity index (χ3n) is 6.89. The second-order valence-electron chi connectivity index (χ2n) is 8.99. The molecular formula is C27H28N6. The molecule has 1 aromatic carbocycles. The summed E-state index contributed by atoms with van der Waals surface area (Å²) in [5.74, 6) is 1.03. The number of aryl methyl sites for hydroxylation is 1. The topological polar surface area (TPSA) is 62.1 Å². The summed E-state index contributed by atoms with van der Waals surface area (Å²) in [5.41, 5.74) is 6.72. The zero-order chi connectivity index (χ0) is 22.2. The molecule has 0 radical (unpaired) electrons. The molecule has 2 atom stereocenters. The lowest BCUT2D eigenvalue weighted by atomic mass is 9.90. The lowest BCUT2D eigenvalue weighted by Gasteiger charge is -2.41. The maximum absolute atomic E-state index is 5.00. The zero-order valence-electron chi connectivity index (χ0n) is 18.9. The van der Waals surface area contributed by atoms with E-state index >= 15 is 0 Å². The minimum Gasteiger partial charge on any atom is -0.342 e. The van der Waals surface area contributed by atoms with Gasteiger partial charge >= 0.3 is 0 Å². The van der Waals surface area contributed by atoms with Crippen molar-refractivity contribution in [1.29, 1.82) is 0 Å². The Labute approximate surface area is 193 Å². The standard InChI is InChI=1S/C27H28N6/c1-19-8-7-15-28-27(19)24-12-6-11-23(22-18-32-16-5-4-13-26(32)31-22)33(24)17-14-25-29-20-9-2-3-10-21(20)30-25/h2-5,7-10,13,15-16,18,23-24H,6,11-12,14,17H2,1H3,(H,29,30)/t23-,24?/m1/s1. The third-order valence-corrected chi connectivity index (χ3v) is 6.89. The summed E-state index contributed by atoms with van der Waals surface area (Å²) in [6.07, 6.45) is 10.4. The Morgan fingerprint density at radius 2 is 1.85 bits per heavy atom. The first-order chi connectivity index (χ1) is 16.3. The van der Waals surface area contributed by atoms with Crippen molar-refractivity contribution in [2.75, 3.05) is 6.54 Å². The van der Waals surface area contributed by atoms with Gasteiger partial charge in [-0.3, -0.25) is 9.88 Å². The molecule has 6 heteroatoms. The van der Waals surface area contributed by atoms with Crippen molar-refractivity contribution in [1.82, 2.24) is 29.2 Å². The Hall–Kier alpha value is -3.51. The molecule has 6 rings (SSSR count). The van der Waals surface area contributed by atoms with Gasteiger partial charge in [-0.2, -0.15) is 0 Å². The van der Waals surface area contributed by atoms with Crippen LogP contribution in [0, 0.1) is 6.92 Å². The third kappa shape index (κ3) is 3.80. The average molecular weight is 437 g/mol. The zero-order valence-corrected chi connectivity index (χ0v) is 18.9. The summed E-state index contributed by atoms with van der Waals surface area (Å²) >= 11 is 0. The van der Waals surface area contributed by atoms with Crippen LogP contribution in [-0.4, -0.2) is 35.8 Å². The van der Waals surface area contributed by atoms with Gasteiger partial charge in [-0.1, -0.05) is 24.3 Å². The van der Waals surface area contributed by atoms with Crippen molar-refractivity contribution < 1.29 is 0 Å². The van der Waals surface area contributed by atoms with Gasteiger partial charge in [-0.15, -0.1) is 0 Å². The number of nitrogens with one attached hydrogen (secondary N) is 1. The first-order valence-corrected chi connectivity index (χ1v) is 11.8. The van der Waals surface area contributed by atoms with Crippen LogP contribution in [0.15, 0.2) is 73.2 Å². The van der Waals surface area contributed by atoms with E-state index in [4.69, 9.17) is 15.0 Å². The summed E-state index contributed by atoms with van der Waals surface area (Å²) < 4.78 is 2.13. The average Bonchev–Trinajstić information content (AvgIpc) is 3.47. The van der Waals surface area contributed by atoms with Gasteiger partial charge < -0.3 is 9.38 Å². The van der Waals surface area contributed by atoms with Crippen molar-refractivity contribution in [2.24, 2.45) is 0 Å². The molecule has 0 amide bonds. The molecule has 1 N–H and O–H groups in total. The maximum Gasteiger partial charge on any atom is 0.137 e. The van der Waals surface area contributed by atoms with E-state index in [1.165, 1.54) is 17.7 Å². The molecular weight excluding hydrogens is 408 g/mol. The molecule has 4 aromatic heterocycles. The lowest BCUT2D eigenvalue weighted by Crippen LogP contribution is -2.38. The maximum atomic E-state index is 5.00. The predicted molar refractivity (Wildman–Crippen MR) is 130 cm³/mol. The Morgan fingerprint density at radius 1 is 0.970 bits per heavy atom. The summed E-state index contributed by atoms with van der Waals surface area (Å²) in [4.78, 5) is 20.8. The van der Waals surface area contributed by atoms with E-state index in [-0.39, 0.29) is 12.1 Å². The second-order valence-corrected chi connectivity index (χ2v) is 8.99. The fraction of sp³-hybridized carbons (Fsp3) is 0.296. The summed E-state index contributed by atoms with van der Waals surface area (Å²) in [5, 5.41) is 0. The first-order valence-electron chi connectivity index (χ1n) is 11.8. The molecule has 0 saturated carbocycles. The van der Waals surface area contributed by atoms with Gasteiger partial charge in [0.05, 0.1) is 34.5 Å². The molecule has 0 spiro atoms. The number of hydrogen-bond donors (Lipinski definition) is 1. The van der Waals surface area contributed by atoms with Crippen LogP contribution in [0.3, 0.4) is 0 Å². The largest absolute Gasteiger partial charge is 0.342 e. The number of hydrogen-bond acceptors (Lipinski definition) is 4. The number of para-hydroxylation sites is 2. The van der Waals surface area contributed by atoms with Gasteiger partial charge in [0, 0.05) is 31.6 Å². The van der Waals surface area contributed by atoms with E-state index in [2.05, 4.69) is 63.9 Å². The van der Waals surface area contributed by atoms with Crippen molar-refractivity contribution in [3.8, 4) is 0 Å². The Balaban J connectivity index is 1.36. The normalized spacial score (nSPS) is 19.4. The van der Waals surface area contributed by atoms with Crippen LogP contribution in [-0.2, 0) is 6.42 Å². The molecule has 33 heavy (non-hydrogen) atoms. The van der Waals surface area contributed by atoms with Crippen LogP contribution >= 0.6 is 0 Å². The molecule has 6 nitrogen and oxygen atoms in total. The molecule has 1 saturated heterocycles. The van der Waals surface area contributed by atoms with Crippen molar-refractivity contribution in [3.05, 3.63) is 96.0 Å². The first kappa shape index (κ1) is 20.1. The molecule has 0 aliphatic carbocycles. The van der Waals surface area contributed by atoms with Crippen LogP contribution in [0.2, 0.25) is 0 Å². The van der Waals surface area contributed by atoms with Crippen LogP contribution in [0.5, 0.6) is 0 Å². The second kappa shape index (κ2) is 8.45. The van der Waals surface area contributed by atoms with E-state index in [1.807, 2.05) is 30.5 Å². The van der Waals surface area contributed by atoms with E-state index in [1.54, 1.807) is 0 Å². The molecule has 1 fully saturated rings. The molecule has 166 valence electrons. The van der Waals surface area contributed by atoms with Gasteiger partial charge in [0.1, 0.15) is 11.5 Å². The number of imidazole rings is 2. The lowest BCUT2D eigenvalue weighted by molar-refractivity contribution is 0.0777. The molecule has 1 unspecified atom stereocenters. The molecule has 1 aliphatic heterocycles. The van der Waals surface area contributed by atoms with Crippen LogP contribution < -0.4 is 0 Å². The van der Waals surface area contributed by atoms with Gasteiger partial charge in [0.25, 0.3) is 0 Å². The van der Waals surface area contributed by atoms with Gasteiger partial charge in [-0.25, -0.2) is 9.97 Å². The van der Waals surface area contributed by atoms with E-state index in [0.717, 1.165) is 54.0 Å². The summed E-state index contributed by atoms with van der Waals surface area (Å²) in [6.45, 7) is 3.08. The van der Waals surface area contributed by atoms with Crippen molar-refractivity contribution in [2.45, 2.75) is 44.7 Å². The smallest absolute Gasteiger partial charge is 0.137 e. The molecule has 0 bridgehead atoms. The number of H-pyrrole nitrogens is 1. The number of aromatic amines is 1. The number of rotatable bonds is 5. The van der Waals surface area contributed by atoms with Gasteiger partial charge in [0.2, 0.25) is 0 Å². The van der Waals surface area contributed by atoms with Crippen LogP contribution in [0.1, 0.15) is 54.1 Å². The summed E-state index contributed by atoms with van der Waals surface area (Å²) in [6, 6.07) is 19.2. The quantitative estimate of drug-likeness (QED) is 0.399. The minimum atomic E-state index is 0.259. The number of fused-ring (bicyclic) bond motifs is 2. The number of benzene rings is 1. The number of piperidine rings is 1. The fourth-order valence-electron chi connectivity index (χ4n) is 5.30. The fourth-order valence-corrected chi connectivity index (χ4v) is 5.30. The number of nitrogens with zero attached hydrogens (tertiary/aromatic N) is 5. The van der Waals surface area contributed by atoms with E-state index < -0.39 is 0 Å². The highest BCUT2D eigenvalue weighted by atomic mass is 15.2. The number of likely N-dealkylation sites (tertiary alicyclic amines) is 1. The number of aromatic nitrogens is 5. The highest BCUT2D eigenvalue weighted by Crippen LogP contribution is 2.41. The van der Waals surface area contributed by atoms with E-state index in [9.17, 15) is 0 Å². The molecule has 5 aromatic rings. The highest BCUT2D eigenvalue weighted by Gasteiger charge is 2.35. The summed E-state index contributed by atoms with van der Waals surface area (Å²) in [7, 11) is 0. The van der Waals surface area contributed by atoms with Gasteiger partial charge in [0.15, 0.2) is 0 Å². The predicted octanol–water partition coefficient (Wildman–Crippen LogP) is 5.43. The van der Waals surface area contributed by atoms with Gasteiger partial charge in [-0.05, 0) is 62.1 Å². The minimum absolute atomic E-state index is 0.259.